The van der Waals surface area contributed by atoms with Gasteiger partial charge in [0.1, 0.15) is 5.75 Å². The molecule has 1 aromatic rings. The molecule has 0 unspecified atom stereocenters. The lowest BCUT2D eigenvalue weighted by Gasteiger charge is -2.07. The van der Waals surface area contributed by atoms with Crippen molar-refractivity contribution in [2.75, 3.05) is 13.2 Å². The summed E-state index contributed by atoms with van der Waals surface area (Å²) in [6.07, 6.45) is 4.14. The molecule has 0 aliphatic carbocycles. The number of benzene rings is 1. The van der Waals surface area contributed by atoms with Gasteiger partial charge in [-0.3, -0.25) is 0 Å². The van der Waals surface area contributed by atoms with Crippen LogP contribution in [0.5, 0.6) is 5.75 Å². The summed E-state index contributed by atoms with van der Waals surface area (Å²) >= 11 is 0. The zero-order valence-electron chi connectivity index (χ0n) is 10.6. The van der Waals surface area contributed by atoms with E-state index in [9.17, 15) is 0 Å². The number of nitrogens with two attached hydrogens (primary N) is 1. The van der Waals surface area contributed by atoms with E-state index in [0.29, 0.717) is 13.1 Å². The molecule has 1 aromatic carbocycles. The fraction of sp³-hybridized carbons (Fsp3) is 0.538. The normalized spacial score (nSPS) is 9.83. The summed E-state index contributed by atoms with van der Waals surface area (Å²) in [4.78, 5) is 2.72. The lowest BCUT2D eigenvalue weighted by Crippen LogP contribution is -2.00. The fourth-order valence-electron chi connectivity index (χ4n) is 1.64. The van der Waals surface area contributed by atoms with Gasteiger partial charge in [-0.25, -0.2) is 0 Å². The van der Waals surface area contributed by atoms with E-state index in [1.165, 1.54) is 0 Å². The van der Waals surface area contributed by atoms with Crippen LogP contribution in [0, 0.1) is 0 Å². The molecule has 0 saturated heterocycles. The highest BCUT2D eigenvalue weighted by molar-refractivity contribution is 5.28. The van der Waals surface area contributed by atoms with Gasteiger partial charge in [-0.15, -0.1) is 0 Å². The first kappa shape index (κ1) is 14.4. The van der Waals surface area contributed by atoms with Crippen LogP contribution in [0.4, 0.5) is 0 Å². The average molecular weight is 248 g/mol. The van der Waals surface area contributed by atoms with Crippen LogP contribution in [0.2, 0.25) is 0 Å². The monoisotopic (exact) mass is 248 g/mol. The van der Waals surface area contributed by atoms with E-state index in [0.717, 1.165) is 43.6 Å². The van der Waals surface area contributed by atoms with Crippen molar-refractivity contribution in [2.45, 2.75) is 32.2 Å². The quantitative estimate of drug-likeness (QED) is 0.314. The summed E-state index contributed by atoms with van der Waals surface area (Å²) in [5.74, 6) is 0.882. The van der Waals surface area contributed by atoms with E-state index in [1.807, 2.05) is 24.3 Å². The molecule has 98 valence electrons. The minimum atomic E-state index is 0.538. The van der Waals surface area contributed by atoms with Crippen LogP contribution >= 0.6 is 0 Å². The summed E-state index contributed by atoms with van der Waals surface area (Å²) in [5.41, 5.74) is 14.8. The lowest BCUT2D eigenvalue weighted by atomic mass is 10.2. The van der Waals surface area contributed by atoms with Crippen molar-refractivity contribution < 1.29 is 4.74 Å². The van der Waals surface area contributed by atoms with Crippen molar-refractivity contribution in [3.05, 3.63) is 40.3 Å². The molecule has 0 spiro atoms. The summed E-state index contributed by atoms with van der Waals surface area (Å²) in [6, 6.07) is 7.86. The molecule has 0 aliphatic heterocycles. The zero-order valence-corrected chi connectivity index (χ0v) is 10.6. The highest BCUT2D eigenvalue weighted by Gasteiger charge is 1.95. The van der Waals surface area contributed by atoms with E-state index in [1.54, 1.807) is 0 Å². The molecule has 18 heavy (non-hydrogen) atoms. The van der Waals surface area contributed by atoms with Gasteiger partial charge < -0.3 is 10.5 Å². The molecule has 0 heterocycles. The van der Waals surface area contributed by atoms with E-state index in [4.69, 9.17) is 16.0 Å². The molecule has 2 N–H and O–H groups in total. The molecular weight excluding hydrogens is 228 g/mol. The highest BCUT2D eigenvalue weighted by Crippen LogP contribution is 2.13. The third-order valence-electron chi connectivity index (χ3n) is 2.62. The number of hydrogen-bond donors (Lipinski definition) is 1. The third kappa shape index (κ3) is 6.13. The molecule has 0 bridgehead atoms. The Kier molecular flexibility index (Phi) is 7.44. The Morgan fingerprint density at radius 3 is 2.83 bits per heavy atom. The second-order valence-electron chi connectivity index (χ2n) is 4.07. The molecule has 0 aromatic heterocycles. The number of unbranched alkanes of at least 4 members (excludes halogenated alkanes) is 3. The number of ether oxygens (including phenoxy) is 1. The Morgan fingerprint density at radius 2 is 2.06 bits per heavy atom. The zero-order chi connectivity index (χ0) is 13.1. The van der Waals surface area contributed by atoms with Crippen molar-refractivity contribution in [2.24, 2.45) is 10.8 Å². The van der Waals surface area contributed by atoms with Gasteiger partial charge in [0, 0.05) is 18.0 Å². The molecule has 5 heteroatoms. The van der Waals surface area contributed by atoms with Crippen molar-refractivity contribution >= 4 is 0 Å². The van der Waals surface area contributed by atoms with Gasteiger partial charge in [-0.05, 0) is 36.1 Å². The Morgan fingerprint density at radius 1 is 1.22 bits per heavy atom. The van der Waals surface area contributed by atoms with Gasteiger partial charge in [0.25, 0.3) is 0 Å². The second-order valence-corrected chi connectivity index (χ2v) is 4.07. The lowest BCUT2D eigenvalue weighted by molar-refractivity contribution is 0.304. The Balaban J connectivity index is 2.08. The Hall–Kier alpha value is -1.71. The Labute approximate surface area is 108 Å². The molecular formula is C13H20N4O. The largest absolute Gasteiger partial charge is 0.494 e. The first-order valence-corrected chi connectivity index (χ1v) is 6.29. The number of nitrogens with zero attached hydrogens (tertiary/aromatic N) is 3. The van der Waals surface area contributed by atoms with Crippen LogP contribution in [0.15, 0.2) is 29.4 Å². The minimum absolute atomic E-state index is 0.538. The standard InChI is InChI=1S/C13H20N4O/c14-11-12-6-5-7-13(10-12)18-9-4-2-1-3-8-16-17-15/h5-7,10H,1-4,8-9,11,14H2. The molecule has 0 amide bonds. The van der Waals surface area contributed by atoms with E-state index in [2.05, 4.69) is 10.0 Å². The summed E-state index contributed by atoms with van der Waals surface area (Å²) in [6.45, 7) is 1.85. The maximum Gasteiger partial charge on any atom is 0.119 e. The summed E-state index contributed by atoms with van der Waals surface area (Å²) in [5, 5.41) is 3.49. The SMILES string of the molecule is [N-]=[N+]=NCCCCCCOc1cccc(CN)c1. The van der Waals surface area contributed by atoms with Gasteiger partial charge in [0.05, 0.1) is 6.61 Å². The predicted molar refractivity (Wildman–Crippen MR) is 72.3 cm³/mol. The third-order valence-corrected chi connectivity index (χ3v) is 2.62. The molecule has 0 radical (unpaired) electrons. The summed E-state index contributed by atoms with van der Waals surface area (Å²) < 4.78 is 5.64. The van der Waals surface area contributed by atoms with Crippen molar-refractivity contribution in [1.29, 1.82) is 0 Å². The van der Waals surface area contributed by atoms with Gasteiger partial charge in [0.15, 0.2) is 0 Å². The van der Waals surface area contributed by atoms with Gasteiger partial charge in [-0.1, -0.05) is 30.1 Å². The molecule has 1 rings (SSSR count). The molecule has 0 aliphatic rings. The first-order chi connectivity index (χ1) is 8.86. The molecule has 0 saturated carbocycles. The second kappa shape index (κ2) is 9.33. The van der Waals surface area contributed by atoms with Crippen LogP contribution in [0.25, 0.3) is 10.4 Å². The number of azide groups is 1. The molecule has 0 fully saturated rings. The minimum Gasteiger partial charge on any atom is -0.494 e. The summed E-state index contributed by atoms with van der Waals surface area (Å²) in [7, 11) is 0. The first-order valence-electron chi connectivity index (χ1n) is 6.29. The number of rotatable bonds is 9. The number of hydrogen-bond acceptors (Lipinski definition) is 3. The topological polar surface area (TPSA) is 84.0 Å². The van der Waals surface area contributed by atoms with Crippen LogP contribution in [0.1, 0.15) is 31.2 Å². The fourth-order valence-corrected chi connectivity index (χ4v) is 1.64. The maximum atomic E-state index is 8.11. The smallest absolute Gasteiger partial charge is 0.119 e. The average Bonchev–Trinajstić information content (AvgIpc) is 2.42. The van der Waals surface area contributed by atoms with Crippen molar-refractivity contribution in [3.63, 3.8) is 0 Å². The van der Waals surface area contributed by atoms with E-state index < -0.39 is 0 Å². The highest BCUT2D eigenvalue weighted by atomic mass is 16.5. The van der Waals surface area contributed by atoms with Crippen molar-refractivity contribution in [1.82, 2.24) is 0 Å². The van der Waals surface area contributed by atoms with Gasteiger partial charge in [-0.2, -0.15) is 0 Å². The van der Waals surface area contributed by atoms with Crippen LogP contribution in [-0.4, -0.2) is 13.2 Å². The molecule has 0 atom stereocenters. The van der Waals surface area contributed by atoms with Crippen molar-refractivity contribution in [3.8, 4) is 5.75 Å². The van der Waals surface area contributed by atoms with Crippen LogP contribution < -0.4 is 10.5 Å². The van der Waals surface area contributed by atoms with Gasteiger partial charge in [0.2, 0.25) is 0 Å². The van der Waals surface area contributed by atoms with Crippen LogP contribution in [0.3, 0.4) is 0 Å². The molecule has 5 nitrogen and oxygen atoms in total. The van der Waals surface area contributed by atoms with E-state index >= 15 is 0 Å². The van der Waals surface area contributed by atoms with Gasteiger partial charge >= 0.3 is 0 Å². The Bertz CT molecular complexity index is 388. The van der Waals surface area contributed by atoms with E-state index in [-0.39, 0.29) is 0 Å². The predicted octanol–water partition coefficient (Wildman–Crippen LogP) is 3.39. The van der Waals surface area contributed by atoms with Crippen LogP contribution in [-0.2, 0) is 6.54 Å². The maximum absolute atomic E-state index is 8.11.